The summed E-state index contributed by atoms with van der Waals surface area (Å²) in [6.07, 6.45) is 0. The average molecular weight is 280 g/mol. The number of aliphatic carboxylic acids is 2. The summed E-state index contributed by atoms with van der Waals surface area (Å²) in [6, 6.07) is 4.85. The lowest BCUT2D eigenvalue weighted by Crippen LogP contribution is -2.36. The normalized spacial score (nSPS) is 12.1. The van der Waals surface area contributed by atoms with Gasteiger partial charge in [0.1, 0.15) is 5.75 Å². The molecule has 0 heterocycles. The van der Waals surface area contributed by atoms with E-state index in [4.69, 9.17) is 4.74 Å². The molecule has 0 aliphatic carbocycles. The van der Waals surface area contributed by atoms with Gasteiger partial charge in [0.25, 0.3) is 0 Å². The zero-order valence-corrected chi connectivity index (χ0v) is 12.4. The van der Waals surface area contributed by atoms with E-state index in [1.54, 1.807) is 45.9 Å². The maximum absolute atomic E-state index is 11.5. The molecule has 0 aliphatic rings. The van der Waals surface area contributed by atoms with Crippen LogP contribution in [0.3, 0.4) is 0 Å². The highest BCUT2D eigenvalue weighted by atomic mass is 16.5. The van der Waals surface area contributed by atoms with Crippen molar-refractivity contribution in [3.8, 4) is 5.75 Å². The lowest BCUT2D eigenvalue weighted by Gasteiger charge is -2.30. The Morgan fingerprint density at radius 3 is 1.80 bits per heavy atom. The quantitative estimate of drug-likeness (QED) is 0.865. The molecule has 0 aromatic heterocycles. The molecule has 0 saturated heterocycles. The number of benzene rings is 1. The number of ether oxygens (including phenoxy) is 1. The Kier molecular flexibility index (Phi) is 4.12. The summed E-state index contributed by atoms with van der Waals surface area (Å²) in [5.41, 5.74) is -1.49. The van der Waals surface area contributed by atoms with Gasteiger partial charge in [0.05, 0.1) is 17.9 Å². The minimum absolute atomic E-state index is 0.441. The number of carboxylic acids is 2. The Balaban J connectivity index is 3.62. The molecule has 0 spiro atoms. The highest BCUT2D eigenvalue weighted by molar-refractivity contribution is 5.85. The molecule has 1 aromatic carbocycles. The summed E-state index contributed by atoms with van der Waals surface area (Å²) < 4.78 is 5.12. The van der Waals surface area contributed by atoms with Gasteiger partial charge in [0, 0.05) is 0 Å². The van der Waals surface area contributed by atoms with Crippen molar-refractivity contribution in [2.75, 3.05) is 7.11 Å². The molecule has 1 aromatic rings. The van der Waals surface area contributed by atoms with Crippen LogP contribution < -0.4 is 4.74 Å². The molecule has 0 saturated carbocycles. The van der Waals surface area contributed by atoms with Gasteiger partial charge >= 0.3 is 11.9 Å². The molecule has 0 amide bonds. The van der Waals surface area contributed by atoms with Gasteiger partial charge in [-0.3, -0.25) is 9.59 Å². The van der Waals surface area contributed by atoms with Crippen LogP contribution in [0, 0.1) is 0 Å². The minimum Gasteiger partial charge on any atom is -0.497 e. The second kappa shape index (κ2) is 5.15. The fourth-order valence-electron chi connectivity index (χ4n) is 1.94. The Morgan fingerprint density at radius 1 is 0.950 bits per heavy atom. The Hall–Kier alpha value is -2.04. The van der Waals surface area contributed by atoms with E-state index in [1.165, 1.54) is 7.11 Å². The van der Waals surface area contributed by atoms with E-state index >= 15 is 0 Å². The predicted octanol–water partition coefficient (Wildman–Crippen LogP) is 2.42. The van der Waals surface area contributed by atoms with E-state index in [9.17, 15) is 19.8 Å². The van der Waals surface area contributed by atoms with Crippen LogP contribution in [0.4, 0.5) is 0 Å². The number of hydrogen-bond acceptors (Lipinski definition) is 3. The van der Waals surface area contributed by atoms with Crippen LogP contribution in [0.15, 0.2) is 18.2 Å². The first kappa shape index (κ1) is 16.0. The van der Waals surface area contributed by atoms with Crippen LogP contribution in [-0.2, 0) is 20.4 Å². The highest BCUT2D eigenvalue weighted by Crippen LogP contribution is 2.37. The topological polar surface area (TPSA) is 83.8 Å². The fraction of sp³-hybridized carbons (Fsp3) is 0.467. The summed E-state index contributed by atoms with van der Waals surface area (Å²) in [4.78, 5) is 22.9. The Morgan fingerprint density at radius 2 is 1.40 bits per heavy atom. The van der Waals surface area contributed by atoms with Crippen molar-refractivity contribution in [1.29, 1.82) is 0 Å². The van der Waals surface area contributed by atoms with Crippen molar-refractivity contribution >= 4 is 11.9 Å². The maximum Gasteiger partial charge on any atom is 0.313 e. The van der Waals surface area contributed by atoms with E-state index in [2.05, 4.69) is 0 Å². The van der Waals surface area contributed by atoms with Gasteiger partial charge in [-0.25, -0.2) is 0 Å². The van der Waals surface area contributed by atoms with Gasteiger partial charge < -0.3 is 14.9 Å². The average Bonchev–Trinajstić information content (AvgIpc) is 2.37. The zero-order valence-electron chi connectivity index (χ0n) is 12.4. The second-order valence-corrected chi connectivity index (χ2v) is 5.77. The van der Waals surface area contributed by atoms with Gasteiger partial charge in [0.2, 0.25) is 0 Å². The van der Waals surface area contributed by atoms with Crippen molar-refractivity contribution in [1.82, 2.24) is 0 Å². The molecule has 2 N–H and O–H groups in total. The fourth-order valence-corrected chi connectivity index (χ4v) is 1.94. The summed E-state index contributed by atoms with van der Waals surface area (Å²) in [5, 5.41) is 18.8. The Labute approximate surface area is 118 Å². The SMILES string of the molecule is COc1ccc(C(C)(C)C(=O)O)c(C(C)(C)C(=O)O)c1. The first-order valence-corrected chi connectivity index (χ1v) is 6.21. The van der Waals surface area contributed by atoms with E-state index in [-0.39, 0.29) is 0 Å². The molecule has 0 unspecified atom stereocenters. The van der Waals surface area contributed by atoms with Gasteiger partial charge in [-0.05, 0) is 51.0 Å². The van der Waals surface area contributed by atoms with Crippen molar-refractivity contribution < 1.29 is 24.5 Å². The standard InChI is InChI=1S/C15H20O5/c1-14(2,12(16)17)10-7-6-9(20-5)8-11(10)15(3,4)13(18)19/h6-8H,1-5H3,(H,16,17)(H,18,19). The van der Waals surface area contributed by atoms with Gasteiger partial charge in [-0.15, -0.1) is 0 Å². The number of rotatable bonds is 5. The van der Waals surface area contributed by atoms with Crippen molar-refractivity contribution in [2.24, 2.45) is 0 Å². The highest BCUT2D eigenvalue weighted by Gasteiger charge is 2.39. The van der Waals surface area contributed by atoms with Gasteiger partial charge in [-0.1, -0.05) is 6.07 Å². The number of carbonyl (C=O) groups is 2. The zero-order chi connectivity index (χ0) is 15.7. The molecule has 20 heavy (non-hydrogen) atoms. The molecular weight excluding hydrogens is 260 g/mol. The van der Waals surface area contributed by atoms with Crippen LogP contribution in [-0.4, -0.2) is 29.3 Å². The molecule has 0 bridgehead atoms. The summed E-state index contributed by atoms with van der Waals surface area (Å²) in [5.74, 6) is -1.53. The van der Waals surface area contributed by atoms with Crippen molar-refractivity contribution in [3.63, 3.8) is 0 Å². The summed E-state index contributed by atoms with van der Waals surface area (Å²) in [6.45, 7) is 6.20. The van der Waals surface area contributed by atoms with E-state index in [0.717, 1.165) is 0 Å². The number of methoxy groups -OCH3 is 1. The van der Waals surface area contributed by atoms with E-state index in [0.29, 0.717) is 16.9 Å². The molecule has 0 aliphatic heterocycles. The van der Waals surface area contributed by atoms with Crippen molar-refractivity contribution in [2.45, 2.75) is 38.5 Å². The molecule has 0 atom stereocenters. The third-order valence-corrected chi connectivity index (χ3v) is 3.64. The molecule has 0 radical (unpaired) electrons. The molecule has 0 fully saturated rings. The largest absolute Gasteiger partial charge is 0.497 e. The molecule has 5 nitrogen and oxygen atoms in total. The van der Waals surface area contributed by atoms with Gasteiger partial charge in [0.15, 0.2) is 0 Å². The van der Waals surface area contributed by atoms with Crippen LogP contribution >= 0.6 is 0 Å². The second-order valence-electron chi connectivity index (χ2n) is 5.77. The third-order valence-electron chi connectivity index (χ3n) is 3.64. The van der Waals surface area contributed by atoms with E-state index in [1.807, 2.05) is 0 Å². The first-order chi connectivity index (χ1) is 9.05. The third kappa shape index (κ3) is 2.61. The van der Waals surface area contributed by atoms with Crippen LogP contribution in [0.25, 0.3) is 0 Å². The van der Waals surface area contributed by atoms with Crippen LogP contribution in [0.1, 0.15) is 38.8 Å². The van der Waals surface area contributed by atoms with Crippen LogP contribution in [0.2, 0.25) is 0 Å². The predicted molar refractivity (Wildman–Crippen MR) is 74.3 cm³/mol. The van der Waals surface area contributed by atoms with Crippen LogP contribution in [0.5, 0.6) is 5.75 Å². The first-order valence-electron chi connectivity index (χ1n) is 6.21. The smallest absolute Gasteiger partial charge is 0.313 e. The van der Waals surface area contributed by atoms with E-state index < -0.39 is 22.8 Å². The molecule has 110 valence electrons. The summed E-state index contributed by atoms with van der Waals surface area (Å²) in [7, 11) is 1.48. The summed E-state index contributed by atoms with van der Waals surface area (Å²) >= 11 is 0. The lowest BCUT2D eigenvalue weighted by atomic mass is 9.73. The molecular formula is C15H20O5. The number of hydrogen-bond donors (Lipinski definition) is 2. The minimum atomic E-state index is -1.21. The number of carboxylic acid groups (broad SMARTS) is 2. The van der Waals surface area contributed by atoms with Gasteiger partial charge in [-0.2, -0.15) is 0 Å². The Bertz CT molecular complexity index is 543. The lowest BCUT2D eigenvalue weighted by molar-refractivity contribution is -0.144. The monoisotopic (exact) mass is 280 g/mol. The molecule has 1 rings (SSSR count). The maximum atomic E-state index is 11.5. The van der Waals surface area contributed by atoms with Crippen molar-refractivity contribution in [3.05, 3.63) is 29.3 Å². The molecule has 5 heteroatoms.